The summed E-state index contributed by atoms with van der Waals surface area (Å²) in [6, 6.07) is 12.9. The van der Waals surface area contributed by atoms with E-state index in [2.05, 4.69) is 9.38 Å². The minimum atomic E-state index is -0.152. The quantitative estimate of drug-likeness (QED) is 0.782. The van der Waals surface area contributed by atoms with Crippen LogP contribution in [0.15, 0.2) is 48.7 Å². The fraction of sp³-hybridized carbons (Fsp3) is 0.235. The van der Waals surface area contributed by atoms with Crippen LogP contribution in [0.3, 0.4) is 0 Å². The van der Waals surface area contributed by atoms with Crippen molar-refractivity contribution in [1.29, 1.82) is 0 Å². The summed E-state index contributed by atoms with van der Waals surface area (Å²) in [5.74, 6) is 0.804. The molecule has 21 heavy (non-hydrogen) atoms. The van der Waals surface area contributed by atoms with Gasteiger partial charge in [0.15, 0.2) is 0 Å². The van der Waals surface area contributed by atoms with Crippen molar-refractivity contribution in [3.05, 3.63) is 71.6 Å². The maximum atomic E-state index is 13.7. The topological polar surface area (TPSA) is 43.3 Å². The van der Waals surface area contributed by atoms with Gasteiger partial charge >= 0.3 is 0 Å². The number of nitrogens with zero attached hydrogens (tertiary/aromatic N) is 2. The summed E-state index contributed by atoms with van der Waals surface area (Å²) in [6.07, 6.45) is 4.10. The number of hydrogen-bond acceptors (Lipinski definition) is 2. The van der Waals surface area contributed by atoms with Crippen LogP contribution in [0.25, 0.3) is 5.52 Å². The molecule has 0 saturated heterocycles. The zero-order valence-electron chi connectivity index (χ0n) is 11.8. The number of nitrogens with two attached hydrogens (primary N) is 1. The highest BCUT2D eigenvalue weighted by atomic mass is 19.1. The van der Waals surface area contributed by atoms with Crippen molar-refractivity contribution < 1.29 is 4.39 Å². The van der Waals surface area contributed by atoms with Crippen molar-refractivity contribution in [2.45, 2.75) is 19.3 Å². The molecule has 3 nitrogen and oxygen atoms in total. The number of halogens is 1. The van der Waals surface area contributed by atoms with Crippen molar-refractivity contribution in [1.82, 2.24) is 9.38 Å². The Bertz CT molecular complexity index is 749. The highest BCUT2D eigenvalue weighted by Crippen LogP contribution is 2.16. The normalized spacial score (nSPS) is 11.1. The van der Waals surface area contributed by atoms with Crippen LogP contribution in [-0.4, -0.2) is 15.9 Å². The molecule has 0 unspecified atom stereocenters. The first-order valence-corrected chi connectivity index (χ1v) is 7.18. The van der Waals surface area contributed by atoms with E-state index in [0.29, 0.717) is 19.4 Å². The first kappa shape index (κ1) is 13.8. The van der Waals surface area contributed by atoms with Gasteiger partial charge < -0.3 is 10.1 Å². The molecule has 0 amide bonds. The summed E-state index contributed by atoms with van der Waals surface area (Å²) < 4.78 is 15.8. The minimum Gasteiger partial charge on any atom is -0.330 e. The molecule has 0 spiro atoms. The number of imidazole rings is 1. The Kier molecular flexibility index (Phi) is 3.97. The molecule has 1 aromatic carbocycles. The Morgan fingerprint density at radius 2 is 1.81 bits per heavy atom. The van der Waals surface area contributed by atoms with E-state index in [4.69, 9.17) is 5.73 Å². The molecule has 0 aliphatic heterocycles. The van der Waals surface area contributed by atoms with Crippen LogP contribution in [0.1, 0.15) is 17.1 Å². The van der Waals surface area contributed by atoms with E-state index < -0.39 is 0 Å². The molecule has 2 aromatic heterocycles. The molecule has 3 rings (SSSR count). The van der Waals surface area contributed by atoms with Crippen molar-refractivity contribution in [2.75, 3.05) is 6.54 Å². The van der Waals surface area contributed by atoms with Gasteiger partial charge in [0.25, 0.3) is 0 Å². The summed E-state index contributed by atoms with van der Waals surface area (Å²) in [4.78, 5) is 4.68. The van der Waals surface area contributed by atoms with Crippen LogP contribution in [0.4, 0.5) is 4.39 Å². The lowest BCUT2D eigenvalue weighted by atomic mass is 10.1. The van der Waals surface area contributed by atoms with Gasteiger partial charge in [-0.15, -0.1) is 0 Å². The molecule has 0 bridgehead atoms. The molecular formula is C17H18FN3. The second-order valence-corrected chi connectivity index (χ2v) is 5.06. The van der Waals surface area contributed by atoms with Crippen molar-refractivity contribution in [3.63, 3.8) is 0 Å². The summed E-state index contributed by atoms with van der Waals surface area (Å²) in [5.41, 5.74) is 8.48. The van der Waals surface area contributed by atoms with Crippen LogP contribution in [0, 0.1) is 5.82 Å². The van der Waals surface area contributed by atoms with E-state index >= 15 is 0 Å². The van der Waals surface area contributed by atoms with Gasteiger partial charge in [-0.2, -0.15) is 0 Å². The molecule has 0 aliphatic rings. The first-order valence-electron chi connectivity index (χ1n) is 7.18. The summed E-state index contributed by atoms with van der Waals surface area (Å²) in [6.45, 7) is 0.578. The number of pyridine rings is 1. The van der Waals surface area contributed by atoms with E-state index in [1.54, 1.807) is 6.07 Å². The lowest BCUT2D eigenvalue weighted by Crippen LogP contribution is -2.03. The largest absolute Gasteiger partial charge is 0.330 e. The van der Waals surface area contributed by atoms with E-state index in [9.17, 15) is 4.39 Å². The summed E-state index contributed by atoms with van der Waals surface area (Å²) >= 11 is 0. The zero-order chi connectivity index (χ0) is 14.7. The Morgan fingerprint density at radius 1 is 1.00 bits per heavy atom. The van der Waals surface area contributed by atoms with Crippen LogP contribution in [0.2, 0.25) is 0 Å². The highest BCUT2D eigenvalue weighted by molar-refractivity contribution is 5.53. The number of aromatic nitrogens is 2. The average molecular weight is 283 g/mol. The summed E-state index contributed by atoms with van der Waals surface area (Å²) in [5, 5.41) is 0. The predicted octanol–water partition coefficient (Wildman–Crippen LogP) is 2.76. The first-order chi connectivity index (χ1) is 10.3. The van der Waals surface area contributed by atoms with E-state index in [1.165, 1.54) is 6.07 Å². The second-order valence-electron chi connectivity index (χ2n) is 5.06. The maximum Gasteiger partial charge on any atom is 0.126 e. The fourth-order valence-electron chi connectivity index (χ4n) is 2.61. The van der Waals surface area contributed by atoms with E-state index in [1.807, 2.05) is 36.5 Å². The Balaban J connectivity index is 1.89. The molecule has 4 heteroatoms. The minimum absolute atomic E-state index is 0.152. The predicted molar refractivity (Wildman–Crippen MR) is 81.8 cm³/mol. The molecule has 2 N–H and O–H groups in total. The van der Waals surface area contributed by atoms with Gasteiger partial charge in [0.1, 0.15) is 11.6 Å². The molecular weight excluding hydrogens is 265 g/mol. The summed E-state index contributed by atoms with van der Waals surface area (Å²) in [7, 11) is 0. The molecule has 2 heterocycles. The number of hydrogen-bond donors (Lipinski definition) is 1. The van der Waals surface area contributed by atoms with Gasteiger partial charge in [-0.1, -0.05) is 24.3 Å². The monoisotopic (exact) mass is 283 g/mol. The Morgan fingerprint density at radius 3 is 2.62 bits per heavy atom. The zero-order valence-corrected chi connectivity index (χ0v) is 11.8. The second kappa shape index (κ2) is 6.06. The van der Waals surface area contributed by atoms with Crippen LogP contribution >= 0.6 is 0 Å². The van der Waals surface area contributed by atoms with E-state index in [0.717, 1.165) is 29.0 Å². The standard InChI is InChI=1S/C17H18FN3/c18-14-6-2-1-5-13(14)8-9-17-20-15(10-11-19)16-7-3-4-12-21(16)17/h1-7,12H,8-11,19H2. The average Bonchev–Trinajstić information content (AvgIpc) is 2.85. The molecule has 0 fully saturated rings. The van der Waals surface area contributed by atoms with Crippen LogP contribution in [0.5, 0.6) is 0 Å². The third-order valence-electron chi connectivity index (χ3n) is 3.65. The number of aryl methyl sites for hydroxylation is 2. The van der Waals surface area contributed by atoms with Gasteiger partial charge in [-0.3, -0.25) is 0 Å². The van der Waals surface area contributed by atoms with Gasteiger partial charge in [0.05, 0.1) is 11.2 Å². The van der Waals surface area contributed by atoms with Crippen LogP contribution < -0.4 is 5.73 Å². The lowest BCUT2D eigenvalue weighted by molar-refractivity contribution is 0.607. The van der Waals surface area contributed by atoms with Crippen molar-refractivity contribution >= 4 is 5.52 Å². The van der Waals surface area contributed by atoms with Crippen molar-refractivity contribution in [3.8, 4) is 0 Å². The molecule has 0 saturated carbocycles. The highest BCUT2D eigenvalue weighted by Gasteiger charge is 2.10. The molecule has 108 valence electrons. The van der Waals surface area contributed by atoms with Gasteiger partial charge in [-0.05, 0) is 36.7 Å². The molecule has 0 radical (unpaired) electrons. The van der Waals surface area contributed by atoms with Crippen LogP contribution in [-0.2, 0) is 19.3 Å². The smallest absolute Gasteiger partial charge is 0.126 e. The van der Waals surface area contributed by atoms with Gasteiger partial charge in [0, 0.05) is 19.0 Å². The SMILES string of the molecule is NCCc1nc(CCc2ccccc2F)n2ccccc12. The maximum absolute atomic E-state index is 13.7. The molecule has 3 aromatic rings. The molecule has 0 atom stereocenters. The Labute approximate surface area is 123 Å². The Hall–Kier alpha value is -2.20. The molecule has 0 aliphatic carbocycles. The number of rotatable bonds is 5. The third kappa shape index (κ3) is 2.81. The third-order valence-corrected chi connectivity index (χ3v) is 3.65. The number of fused-ring (bicyclic) bond motifs is 1. The lowest BCUT2D eigenvalue weighted by Gasteiger charge is -2.03. The van der Waals surface area contributed by atoms with Crippen molar-refractivity contribution in [2.24, 2.45) is 5.73 Å². The van der Waals surface area contributed by atoms with Gasteiger partial charge in [0.2, 0.25) is 0 Å². The number of benzene rings is 1. The van der Waals surface area contributed by atoms with Gasteiger partial charge in [-0.25, -0.2) is 9.37 Å². The van der Waals surface area contributed by atoms with E-state index in [-0.39, 0.29) is 5.82 Å². The fourth-order valence-corrected chi connectivity index (χ4v) is 2.61.